The number of alkyl halides is 4. The Morgan fingerprint density at radius 2 is 1.73 bits per heavy atom. The van der Waals surface area contributed by atoms with Gasteiger partial charge in [0.1, 0.15) is 0 Å². The van der Waals surface area contributed by atoms with E-state index in [1.165, 1.54) is 6.92 Å². The zero-order valence-electron chi connectivity index (χ0n) is 5.57. The molecule has 0 saturated carbocycles. The van der Waals surface area contributed by atoms with Crippen LogP contribution in [0, 0.1) is 0 Å². The number of ketones is 1. The Hall–Kier alpha value is 0.790. The Morgan fingerprint density at radius 3 is 1.82 bits per heavy atom. The summed E-state index contributed by atoms with van der Waals surface area (Å²) < 4.78 is -3.59. The van der Waals surface area contributed by atoms with Gasteiger partial charge in [-0.2, -0.15) is 0 Å². The second-order valence-corrected chi connectivity index (χ2v) is 5.27. The quantitative estimate of drug-likeness (QED) is 0.765. The third-order valence-corrected chi connectivity index (χ3v) is 1.86. The van der Waals surface area contributed by atoms with Crippen molar-refractivity contribution in [1.29, 1.82) is 0 Å². The van der Waals surface area contributed by atoms with Crippen LogP contribution >= 0.6 is 46.4 Å². The van der Waals surface area contributed by atoms with Crippen LogP contribution in [0.25, 0.3) is 0 Å². The van der Waals surface area contributed by atoms with E-state index in [4.69, 9.17) is 51.5 Å². The summed E-state index contributed by atoms with van der Waals surface area (Å²) >= 11 is 21.5. The first kappa shape index (κ1) is 11.8. The van der Waals surface area contributed by atoms with Crippen molar-refractivity contribution in [3.05, 3.63) is 0 Å². The number of aliphatic hydroxyl groups excluding tert-OH is 1. The van der Waals surface area contributed by atoms with Gasteiger partial charge in [-0.05, 0) is 6.92 Å². The molecule has 0 amide bonds. The Bertz CT molecular complexity index is 160. The van der Waals surface area contributed by atoms with Crippen molar-refractivity contribution in [2.45, 2.75) is 15.6 Å². The minimum Gasteiger partial charge on any atom is -0.393 e. The van der Waals surface area contributed by atoms with Crippen LogP contribution in [0.3, 0.4) is 0 Å². The van der Waals surface area contributed by atoms with Gasteiger partial charge in [0.15, 0.2) is 4.33 Å². The molecule has 0 aliphatic rings. The van der Waals surface area contributed by atoms with Gasteiger partial charge in [0, 0.05) is 0 Å². The van der Waals surface area contributed by atoms with Crippen molar-refractivity contribution in [2.24, 2.45) is 0 Å². The first-order chi connectivity index (χ1) is 4.72. The molecule has 11 heavy (non-hydrogen) atoms. The fourth-order valence-corrected chi connectivity index (χ4v) is 1.29. The van der Waals surface area contributed by atoms with E-state index in [1.807, 2.05) is 0 Å². The monoisotopic (exact) mass is 238 g/mol. The van der Waals surface area contributed by atoms with Crippen molar-refractivity contribution >= 4 is 52.2 Å². The summed E-state index contributed by atoms with van der Waals surface area (Å²) in [5, 5.41) is 8.53. The largest absolute Gasteiger partial charge is 0.393 e. The summed E-state index contributed by atoms with van der Waals surface area (Å²) in [6.45, 7) is 0.511. The molecule has 0 atom stereocenters. The number of carbonyl (C=O) groups is 1. The van der Waals surface area contributed by atoms with Crippen LogP contribution < -0.4 is 0 Å². The second-order valence-electron chi connectivity index (χ2n) is 2.08. The van der Waals surface area contributed by atoms with Crippen molar-refractivity contribution in [2.75, 3.05) is 6.61 Å². The van der Waals surface area contributed by atoms with Crippen LogP contribution in [0.5, 0.6) is 0 Å². The van der Waals surface area contributed by atoms with E-state index in [0.717, 1.165) is 0 Å². The molecule has 0 aromatic carbocycles. The zero-order chi connectivity index (χ0) is 9.28. The predicted octanol–water partition coefficient (Wildman–Crippen LogP) is 1.92. The maximum Gasteiger partial charge on any atom is 0.206 e. The van der Waals surface area contributed by atoms with Crippen molar-refractivity contribution in [3.8, 4) is 0 Å². The van der Waals surface area contributed by atoms with Gasteiger partial charge in [-0.25, -0.2) is 0 Å². The van der Waals surface area contributed by atoms with Gasteiger partial charge in [-0.1, -0.05) is 46.4 Å². The summed E-state index contributed by atoms with van der Waals surface area (Å²) in [4.78, 5) is 11.0. The summed E-state index contributed by atoms with van der Waals surface area (Å²) in [5.41, 5.74) is 0. The summed E-state index contributed by atoms with van der Waals surface area (Å²) in [5.74, 6) is -0.834. The lowest BCUT2D eigenvalue weighted by molar-refractivity contribution is -0.120. The molecule has 1 N–H and O–H groups in total. The lowest BCUT2D eigenvalue weighted by atomic mass is 10.2. The standard InChI is InChI=1S/C5H6Cl4O2/c1-4(6,7)3(11)5(8,9)2-10/h10H,2H2,1H3. The van der Waals surface area contributed by atoms with E-state index in [0.29, 0.717) is 0 Å². The number of aliphatic hydroxyl groups is 1. The molecular weight excluding hydrogens is 234 g/mol. The molecule has 0 spiro atoms. The number of carbonyl (C=O) groups excluding carboxylic acids is 1. The average molecular weight is 240 g/mol. The maximum atomic E-state index is 11.0. The Kier molecular flexibility index (Phi) is 3.93. The number of hydrogen-bond donors (Lipinski definition) is 1. The number of rotatable bonds is 3. The van der Waals surface area contributed by atoms with E-state index >= 15 is 0 Å². The Balaban J connectivity index is 4.50. The van der Waals surface area contributed by atoms with Crippen LogP contribution in [0.15, 0.2) is 0 Å². The highest BCUT2D eigenvalue weighted by Gasteiger charge is 2.43. The first-order valence-electron chi connectivity index (χ1n) is 2.63. The SMILES string of the molecule is CC(Cl)(Cl)C(=O)C(Cl)(Cl)CO. The first-order valence-corrected chi connectivity index (χ1v) is 4.14. The molecule has 0 aliphatic heterocycles. The molecule has 0 fully saturated rings. The van der Waals surface area contributed by atoms with E-state index in [-0.39, 0.29) is 0 Å². The van der Waals surface area contributed by atoms with Gasteiger partial charge in [-0.3, -0.25) is 4.79 Å². The Morgan fingerprint density at radius 1 is 1.36 bits per heavy atom. The minimum absolute atomic E-state index is 0.718. The minimum atomic E-state index is -1.92. The van der Waals surface area contributed by atoms with Crippen LogP contribution in [-0.4, -0.2) is 26.2 Å². The number of Topliss-reactive ketones (excluding diaryl/α,β-unsaturated/α-hetero) is 1. The molecule has 0 aromatic heterocycles. The summed E-state index contributed by atoms with van der Waals surface area (Å²) in [6.07, 6.45) is 0. The van der Waals surface area contributed by atoms with Crippen molar-refractivity contribution < 1.29 is 9.90 Å². The lowest BCUT2D eigenvalue weighted by Gasteiger charge is -2.20. The van der Waals surface area contributed by atoms with Gasteiger partial charge in [0.2, 0.25) is 10.1 Å². The number of halogens is 4. The fourth-order valence-electron chi connectivity index (χ4n) is 0.393. The van der Waals surface area contributed by atoms with Crippen LogP contribution in [0.1, 0.15) is 6.92 Å². The number of hydrogen-bond acceptors (Lipinski definition) is 2. The maximum absolute atomic E-state index is 11.0. The lowest BCUT2D eigenvalue weighted by Crippen LogP contribution is -2.40. The second kappa shape index (κ2) is 3.67. The highest BCUT2D eigenvalue weighted by molar-refractivity contribution is 6.68. The van der Waals surface area contributed by atoms with E-state index in [1.54, 1.807) is 0 Å². The predicted molar refractivity (Wildman–Crippen MR) is 46.6 cm³/mol. The van der Waals surface area contributed by atoms with Crippen LogP contribution in [0.4, 0.5) is 0 Å². The molecule has 0 bridgehead atoms. The highest BCUT2D eigenvalue weighted by atomic mass is 35.5. The normalized spacial score (nSPS) is 13.3. The van der Waals surface area contributed by atoms with Crippen molar-refractivity contribution in [1.82, 2.24) is 0 Å². The van der Waals surface area contributed by atoms with Gasteiger partial charge in [-0.15, -0.1) is 0 Å². The van der Waals surface area contributed by atoms with Crippen molar-refractivity contribution in [3.63, 3.8) is 0 Å². The molecule has 0 saturated heterocycles. The van der Waals surface area contributed by atoms with Gasteiger partial charge >= 0.3 is 0 Å². The topological polar surface area (TPSA) is 37.3 Å². The zero-order valence-corrected chi connectivity index (χ0v) is 8.60. The van der Waals surface area contributed by atoms with Gasteiger partial charge in [0.05, 0.1) is 6.61 Å². The third-order valence-electron chi connectivity index (χ3n) is 0.929. The summed E-state index contributed by atoms with van der Waals surface area (Å²) in [7, 11) is 0. The molecule has 0 rings (SSSR count). The van der Waals surface area contributed by atoms with Crippen LogP contribution in [-0.2, 0) is 4.79 Å². The highest BCUT2D eigenvalue weighted by Crippen LogP contribution is 2.33. The molecular formula is C5H6Cl4O2. The molecule has 2 nitrogen and oxygen atoms in total. The smallest absolute Gasteiger partial charge is 0.206 e. The third kappa shape index (κ3) is 3.34. The summed E-state index contributed by atoms with van der Waals surface area (Å²) in [6, 6.07) is 0. The molecule has 0 aliphatic carbocycles. The van der Waals surface area contributed by atoms with Crippen LogP contribution in [0.2, 0.25) is 0 Å². The fraction of sp³-hybridized carbons (Fsp3) is 0.800. The molecule has 0 radical (unpaired) electrons. The van der Waals surface area contributed by atoms with E-state index < -0.39 is 21.1 Å². The average Bonchev–Trinajstić information content (AvgIpc) is 1.84. The molecule has 0 aromatic rings. The molecule has 0 heterocycles. The Labute approximate surface area is 84.4 Å². The molecule has 66 valence electrons. The van der Waals surface area contributed by atoms with E-state index in [9.17, 15) is 4.79 Å². The molecule has 6 heteroatoms. The van der Waals surface area contributed by atoms with Gasteiger partial charge in [0.25, 0.3) is 0 Å². The van der Waals surface area contributed by atoms with E-state index in [2.05, 4.69) is 0 Å². The van der Waals surface area contributed by atoms with Gasteiger partial charge < -0.3 is 5.11 Å². The molecule has 0 unspecified atom stereocenters.